The van der Waals surface area contributed by atoms with Crippen LogP contribution in [0, 0.1) is 18.6 Å². The first kappa shape index (κ1) is 12.1. The number of nitrogens with one attached hydrogen (secondary N) is 1. The van der Waals surface area contributed by atoms with Gasteiger partial charge in [-0.25, -0.2) is 8.78 Å². The summed E-state index contributed by atoms with van der Waals surface area (Å²) in [4.78, 5) is 0. The Balaban J connectivity index is 3.09. The highest BCUT2D eigenvalue weighted by Crippen LogP contribution is 2.21. The van der Waals surface area contributed by atoms with Gasteiger partial charge in [0, 0.05) is 11.1 Å². The number of benzene rings is 1. The Morgan fingerprint density at radius 2 is 1.87 bits per heavy atom. The Hall–Kier alpha value is -0.960. The summed E-state index contributed by atoms with van der Waals surface area (Å²) in [5.74, 6) is -0.903. The van der Waals surface area contributed by atoms with E-state index in [0.29, 0.717) is 12.0 Å². The fourth-order valence-electron chi connectivity index (χ4n) is 1.41. The first-order valence-electron chi connectivity index (χ1n) is 5.00. The second-order valence-corrected chi connectivity index (χ2v) is 4.47. The Bertz CT molecular complexity index is 359. The third-order valence-corrected chi connectivity index (χ3v) is 2.67. The second kappa shape index (κ2) is 4.27. The average Bonchev–Trinajstić information content (AvgIpc) is 2.19. The molecule has 0 amide bonds. The predicted octanol–water partition coefficient (Wildman–Crippen LogP) is 2.81. The van der Waals surface area contributed by atoms with Crippen molar-refractivity contribution in [3.05, 3.63) is 34.9 Å². The number of aryl methyl sites for hydroxylation is 1. The lowest BCUT2D eigenvalue weighted by Gasteiger charge is -2.24. The molecule has 0 atom stereocenters. The Labute approximate surface area is 89.5 Å². The van der Waals surface area contributed by atoms with Crippen LogP contribution in [-0.4, -0.2) is 12.6 Å². The zero-order chi connectivity index (χ0) is 11.6. The number of halogens is 2. The second-order valence-electron chi connectivity index (χ2n) is 4.47. The Morgan fingerprint density at radius 3 is 2.40 bits per heavy atom. The van der Waals surface area contributed by atoms with Crippen LogP contribution in [0.4, 0.5) is 8.78 Å². The van der Waals surface area contributed by atoms with Gasteiger partial charge in [-0.2, -0.15) is 0 Å². The minimum Gasteiger partial charge on any atom is -0.314 e. The van der Waals surface area contributed by atoms with Gasteiger partial charge in [-0.1, -0.05) is 6.07 Å². The van der Waals surface area contributed by atoms with Crippen LogP contribution in [0.1, 0.15) is 25.0 Å². The van der Waals surface area contributed by atoms with Gasteiger partial charge in [-0.05, 0) is 45.9 Å². The maximum atomic E-state index is 13.7. The summed E-state index contributed by atoms with van der Waals surface area (Å²) < 4.78 is 27.1. The van der Waals surface area contributed by atoms with E-state index in [1.807, 2.05) is 13.8 Å². The van der Waals surface area contributed by atoms with Gasteiger partial charge >= 0.3 is 0 Å². The number of hydrogen-bond acceptors (Lipinski definition) is 1. The van der Waals surface area contributed by atoms with Crippen LogP contribution >= 0.6 is 0 Å². The van der Waals surface area contributed by atoms with Gasteiger partial charge in [-0.15, -0.1) is 0 Å². The molecule has 0 saturated heterocycles. The van der Waals surface area contributed by atoms with E-state index in [0.717, 1.165) is 0 Å². The number of rotatable bonds is 3. The number of hydrogen-bond donors (Lipinski definition) is 1. The van der Waals surface area contributed by atoms with Crippen molar-refractivity contribution < 1.29 is 8.78 Å². The molecular weight excluding hydrogens is 196 g/mol. The van der Waals surface area contributed by atoms with Crippen LogP contribution in [0.5, 0.6) is 0 Å². The first-order chi connectivity index (χ1) is 6.87. The van der Waals surface area contributed by atoms with Gasteiger partial charge in [0.1, 0.15) is 11.6 Å². The molecule has 0 heterocycles. The summed E-state index contributed by atoms with van der Waals surface area (Å²) in [7, 11) is 1.78. The highest BCUT2D eigenvalue weighted by Gasteiger charge is 2.21. The molecule has 0 aliphatic heterocycles. The van der Waals surface area contributed by atoms with Crippen LogP contribution in [0.3, 0.4) is 0 Å². The summed E-state index contributed by atoms with van der Waals surface area (Å²) in [5, 5.41) is 3.03. The third-order valence-electron chi connectivity index (χ3n) is 2.67. The summed E-state index contributed by atoms with van der Waals surface area (Å²) >= 11 is 0. The van der Waals surface area contributed by atoms with Gasteiger partial charge in [0.15, 0.2) is 0 Å². The van der Waals surface area contributed by atoms with Gasteiger partial charge in [0.05, 0.1) is 0 Å². The van der Waals surface area contributed by atoms with Crippen molar-refractivity contribution in [3.63, 3.8) is 0 Å². The zero-order valence-corrected chi connectivity index (χ0v) is 9.62. The molecule has 0 bridgehead atoms. The fourth-order valence-corrected chi connectivity index (χ4v) is 1.41. The summed E-state index contributed by atoms with van der Waals surface area (Å²) in [5.41, 5.74) is 0.336. The highest BCUT2D eigenvalue weighted by molar-refractivity contribution is 5.28. The van der Waals surface area contributed by atoms with E-state index in [1.165, 1.54) is 12.1 Å². The molecule has 1 nitrogen and oxygen atoms in total. The maximum Gasteiger partial charge on any atom is 0.132 e. The minimum absolute atomic E-state index is 0.161. The van der Waals surface area contributed by atoms with Crippen molar-refractivity contribution in [2.75, 3.05) is 7.05 Å². The van der Waals surface area contributed by atoms with Crippen LogP contribution in [0.25, 0.3) is 0 Å². The van der Waals surface area contributed by atoms with E-state index in [-0.39, 0.29) is 11.1 Å². The molecule has 0 spiro atoms. The largest absolute Gasteiger partial charge is 0.314 e. The lowest BCUT2D eigenvalue weighted by atomic mass is 9.93. The highest BCUT2D eigenvalue weighted by atomic mass is 19.1. The Kier molecular flexibility index (Phi) is 3.45. The molecule has 0 aromatic heterocycles. The number of likely N-dealkylation sites (N-methyl/N-ethyl adjacent to an activating group) is 1. The van der Waals surface area contributed by atoms with E-state index in [1.54, 1.807) is 14.0 Å². The van der Waals surface area contributed by atoms with Crippen LogP contribution in [0.2, 0.25) is 0 Å². The molecule has 0 aliphatic carbocycles. The topological polar surface area (TPSA) is 12.0 Å². The van der Waals surface area contributed by atoms with Crippen molar-refractivity contribution in [2.45, 2.75) is 32.7 Å². The molecule has 1 N–H and O–H groups in total. The van der Waals surface area contributed by atoms with Gasteiger partial charge in [-0.3, -0.25) is 0 Å². The van der Waals surface area contributed by atoms with Crippen molar-refractivity contribution in [1.29, 1.82) is 0 Å². The molecule has 0 aliphatic rings. The standard InChI is InChI=1S/C12H17F2N/c1-8-5-6-10(13)9(11(8)14)7-12(2,3)15-4/h5-6,15H,7H2,1-4H3. The van der Waals surface area contributed by atoms with Gasteiger partial charge < -0.3 is 5.32 Å². The quantitative estimate of drug-likeness (QED) is 0.814. The monoisotopic (exact) mass is 213 g/mol. The summed E-state index contributed by atoms with van der Waals surface area (Å²) in [6.45, 7) is 5.47. The van der Waals surface area contributed by atoms with Gasteiger partial charge in [0.2, 0.25) is 0 Å². The molecule has 0 unspecified atom stereocenters. The van der Waals surface area contributed by atoms with Crippen molar-refractivity contribution >= 4 is 0 Å². The summed E-state index contributed by atoms with van der Waals surface area (Å²) in [6, 6.07) is 2.78. The molecule has 1 aromatic rings. The maximum absolute atomic E-state index is 13.7. The SMILES string of the molecule is CNC(C)(C)Cc1c(F)ccc(C)c1F. The smallest absolute Gasteiger partial charge is 0.132 e. The lowest BCUT2D eigenvalue weighted by Crippen LogP contribution is -2.39. The summed E-state index contributed by atoms with van der Waals surface area (Å²) in [6.07, 6.45) is 0.336. The van der Waals surface area contributed by atoms with E-state index in [4.69, 9.17) is 0 Å². The Morgan fingerprint density at radius 1 is 1.27 bits per heavy atom. The molecule has 84 valence electrons. The molecule has 0 radical (unpaired) electrons. The third kappa shape index (κ3) is 2.75. The predicted molar refractivity (Wildman–Crippen MR) is 57.9 cm³/mol. The molecule has 1 rings (SSSR count). The average molecular weight is 213 g/mol. The van der Waals surface area contributed by atoms with Gasteiger partial charge in [0.25, 0.3) is 0 Å². The molecular formula is C12H17F2N. The molecule has 0 saturated carbocycles. The molecule has 0 fully saturated rings. The molecule has 15 heavy (non-hydrogen) atoms. The fraction of sp³-hybridized carbons (Fsp3) is 0.500. The van der Waals surface area contributed by atoms with E-state index < -0.39 is 11.6 Å². The van der Waals surface area contributed by atoms with Crippen molar-refractivity contribution in [2.24, 2.45) is 0 Å². The van der Waals surface area contributed by atoms with Crippen molar-refractivity contribution in [1.82, 2.24) is 5.32 Å². The first-order valence-corrected chi connectivity index (χ1v) is 5.00. The van der Waals surface area contributed by atoms with Crippen LogP contribution in [-0.2, 0) is 6.42 Å². The minimum atomic E-state index is -0.471. The van der Waals surface area contributed by atoms with E-state index in [9.17, 15) is 8.78 Å². The zero-order valence-electron chi connectivity index (χ0n) is 9.62. The lowest BCUT2D eigenvalue weighted by molar-refractivity contribution is 0.403. The van der Waals surface area contributed by atoms with Crippen molar-refractivity contribution in [3.8, 4) is 0 Å². The van der Waals surface area contributed by atoms with Crippen LogP contribution in [0.15, 0.2) is 12.1 Å². The van der Waals surface area contributed by atoms with E-state index >= 15 is 0 Å². The molecule has 1 aromatic carbocycles. The normalized spacial score (nSPS) is 11.9. The van der Waals surface area contributed by atoms with E-state index in [2.05, 4.69) is 5.32 Å². The van der Waals surface area contributed by atoms with Crippen LogP contribution < -0.4 is 5.32 Å². The molecule has 3 heteroatoms.